The molecule has 0 aliphatic carbocycles. The van der Waals surface area contributed by atoms with Gasteiger partial charge in [-0.3, -0.25) is 4.79 Å². The van der Waals surface area contributed by atoms with Crippen molar-refractivity contribution in [1.82, 2.24) is 0 Å². The minimum absolute atomic E-state index is 0.166. The molecular formula is C8H10O4S2. The normalized spacial score (nSPS) is 11.6. The van der Waals surface area contributed by atoms with Gasteiger partial charge in [-0.05, 0) is 22.9 Å². The molecule has 0 fully saturated rings. The zero-order chi connectivity index (χ0) is 10.8. The molecule has 0 atom stereocenters. The molecule has 1 heterocycles. The highest BCUT2D eigenvalue weighted by Gasteiger charge is 2.09. The molecule has 14 heavy (non-hydrogen) atoms. The Morgan fingerprint density at radius 1 is 1.50 bits per heavy atom. The summed E-state index contributed by atoms with van der Waals surface area (Å²) in [5.41, 5.74) is 0. The van der Waals surface area contributed by atoms with E-state index in [9.17, 15) is 13.2 Å². The smallest absolute Gasteiger partial charge is 0.199 e. The first-order chi connectivity index (χ1) is 6.38. The van der Waals surface area contributed by atoms with Crippen LogP contribution in [0, 0.1) is 0 Å². The van der Waals surface area contributed by atoms with E-state index in [2.05, 4.69) is 0 Å². The maximum atomic E-state index is 10.8. The number of hydrogen-bond acceptors (Lipinski definition) is 5. The Morgan fingerprint density at radius 3 is 2.57 bits per heavy atom. The van der Waals surface area contributed by atoms with Crippen LogP contribution in [-0.2, 0) is 14.6 Å². The van der Waals surface area contributed by atoms with Crippen molar-refractivity contribution in [3.05, 3.63) is 23.7 Å². The van der Waals surface area contributed by atoms with Gasteiger partial charge in [0, 0.05) is 13.2 Å². The average molecular weight is 234 g/mol. The molecule has 0 aromatic carbocycles. The minimum Gasteiger partial charge on any atom is -0.457 e. The number of hydrogen-bond donors (Lipinski definition) is 0. The lowest BCUT2D eigenvalue weighted by molar-refractivity contribution is 0.0986. The van der Waals surface area contributed by atoms with E-state index in [0.717, 1.165) is 17.0 Å². The standard InChI is InChI=1S/C8H10O4S2/c1-6(9)8-4-3-7(12-8)5-13-14(2,10)11/h3-4H,5H2,1-2H3. The van der Waals surface area contributed by atoms with Crippen LogP contribution in [-0.4, -0.2) is 20.5 Å². The highest BCUT2D eigenvalue weighted by atomic mass is 33.1. The molecule has 0 N–H and O–H groups in total. The van der Waals surface area contributed by atoms with Gasteiger partial charge in [0.1, 0.15) is 5.76 Å². The fraction of sp³-hybridized carbons (Fsp3) is 0.375. The van der Waals surface area contributed by atoms with E-state index in [4.69, 9.17) is 4.42 Å². The first-order valence-electron chi connectivity index (χ1n) is 3.82. The predicted molar refractivity (Wildman–Crippen MR) is 54.9 cm³/mol. The molecule has 0 radical (unpaired) electrons. The van der Waals surface area contributed by atoms with Gasteiger partial charge < -0.3 is 4.42 Å². The third-order valence-corrected chi connectivity index (χ3v) is 3.89. The molecule has 0 unspecified atom stereocenters. The zero-order valence-electron chi connectivity index (χ0n) is 7.81. The Balaban J connectivity index is 2.65. The van der Waals surface area contributed by atoms with Crippen LogP contribution in [0.15, 0.2) is 16.5 Å². The summed E-state index contributed by atoms with van der Waals surface area (Å²) in [6.45, 7) is 1.40. The van der Waals surface area contributed by atoms with Crippen LogP contribution < -0.4 is 0 Å². The molecule has 0 aliphatic heterocycles. The maximum absolute atomic E-state index is 10.8. The van der Waals surface area contributed by atoms with E-state index in [1.165, 1.54) is 6.92 Å². The van der Waals surface area contributed by atoms with Crippen molar-refractivity contribution in [2.75, 3.05) is 6.26 Å². The maximum Gasteiger partial charge on any atom is 0.199 e. The van der Waals surface area contributed by atoms with E-state index < -0.39 is 8.87 Å². The summed E-state index contributed by atoms with van der Waals surface area (Å²) in [5, 5.41) is 0. The molecular weight excluding hydrogens is 224 g/mol. The number of Topliss-reactive ketones (excluding diaryl/α,β-unsaturated/α-hetero) is 1. The molecule has 78 valence electrons. The molecule has 1 aromatic rings. The second kappa shape index (κ2) is 4.18. The highest BCUT2D eigenvalue weighted by molar-refractivity contribution is 8.71. The summed E-state index contributed by atoms with van der Waals surface area (Å²) >= 11 is 0. The second-order valence-corrected chi connectivity index (χ2v) is 7.24. The first-order valence-corrected chi connectivity index (χ1v) is 7.22. The Morgan fingerprint density at radius 2 is 2.14 bits per heavy atom. The number of furan rings is 1. The SMILES string of the molecule is CC(=O)c1ccc(CSS(C)(=O)=O)o1. The largest absolute Gasteiger partial charge is 0.457 e. The van der Waals surface area contributed by atoms with Gasteiger partial charge in [-0.15, -0.1) is 0 Å². The van der Waals surface area contributed by atoms with Crippen LogP contribution in [0.4, 0.5) is 0 Å². The van der Waals surface area contributed by atoms with Gasteiger partial charge in [0.15, 0.2) is 20.4 Å². The summed E-state index contributed by atoms with van der Waals surface area (Å²) in [4.78, 5) is 10.8. The Labute approximate surface area is 86.0 Å². The van der Waals surface area contributed by atoms with E-state index in [1.54, 1.807) is 12.1 Å². The summed E-state index contributed by atoms with van der Waals surface area (Å²) in [6, 6.07) is 3.15. The molecule has 0 saturated heterocycles. The number of rotatable bonds is 4. The third-order valence-electron chi connectivity index (χ3n) is 1.42. The van der Waals surface area contributed by atoms with Crippen LogP contribution in [0.1, 0.15) is 23.2 Å². The molecule has 0 aliphatic rings. The fourth-order valence-corrected chi connectivity index (χ4v) is 2.29. The van der Waals surface area contributed by atoms with Crippen molar-refractivity contribution >= 4 is 25.4 Å². The van der Waals surface area contributed by atoms with Gasteiger partial charge >= 0.3 is 0 Å². The van der Waals surface area contributed by atoms with E-state index >= 15 is 0 Å². The molecule has 1 aromatic heterocycles. The van der Waals surface area contributed by atoms with Crippen LogP contribution in [0.5, 0.6) is 0 Å². The fourth-order valence-electron chi connectivity index (χ4n) is 0.810. The van der Waals surface area contributed by atoms with E-state index in [0.29, 0.717) is 5.76 Å². The van der Waals surface area contributed by atoms with Crippen molar-refractivity contribution < 1.29 is 17.6 Å². The minimum atomic E-state index is -3.06. The van der Waals surface area contributed by atoms with Gasteiger partial charge in [0.25, 0.3) is 0 Å². The quantitative estimate of drug-likeness (QED) is 0.585. The van der Waals surface area contributed by atoms with E-state index in [-0.39, 0.29) is 17.3 Å². The van der Waals surface area contributed by atoms with Gasteiger partial charge in [-0.1, -0.05) is 0 Å². The van der Waals surface area contributed by atoms with Crippen molar-refractivity contribution in [3.63, 3.8) is 0 Å². The van der Waals surface area contributed by atoms with Crippen LogP contribution >= 0.6 is 10.8 Å². The molecule has 0 bridgehead atoms. The first kappa shape index (κ1) is 11.3. The van der Waals surface area contributed by atoms with Crippen LogP contribution in [0.25, 0.3) is 0 Å². The van der Waals surface area contributed by atoms with Crippen molar-refractivity contribution in [2.24, 2.45) is 0 Å². The molecule has 1 rings (SSSR count). The molecule has 0 spiro atoms. The summed E-state index contributed by atoms with van der Waals surface area (Å²) in [6.07, 6.45) is 1.13. The lowest BCUT2D eigenvalue weighted by Crippen LogP contribution is -1.89. The topological polar surface area (TPSA) is 64.3 Å². The van der Waals surface area contributed by atoms with E-state index in [1.807, 2.05) is 0 Å². The Kier molecular flexibility index (Phi) is 3.38. The lowest BCUT2D eigenvalue weighted by atomic mass is 10.3. The monoisotopic (exact) mass is 234 g/mol. The van der Waals surface area contributed by atoms with Crippen LogP contribution in [0.2, 0.25) is 0 Å². The van der Waals surface area contributed by atoms with Gasteiger partial charge in [-0.2, -0.15) is 0 Å². The Bertz CT molecular complexity index is 430. The predicted octanol–water partition coefficient (Wildman–Crippen LogP) is 1.68. The summed E-state index contributed by atoms with van der Waals surface area (Å²) in [7, 11) is -2.28. The number of carbonyl (C=O) groups is 1. The second-order valence-electron chi connectivity index (χ2n) is 2.79. The average Bonchev–Trinajstić information content (AvgIpc) is 2.47. The lowest BCUT2D eigenvalue weighted by Gasteiger charge is -1.94. The number of ketones is 1. The summed E-state index contributed by atoms with van der Waals surface area (Å²) in [5.74, 6) is 0.812. The van der Waals surface area contributed by atoms with Gasteiger partial charge in [-0.25, -0.2) is 8.42 Å². The molecule has 4 nitrogen and oxygen atoms in total. The Hall–Kier alpha value is -0.750. The summed E-state index contributed by atoms with van der Waals surface area (Å²) < 4.78 is 26.7. The number of carbonyl (C=O) groups excluding carboxylic acids is 1. The van der Waals surface area contributed by atoms with Crippen molar-refractivity contribution in [3.8, 4) is 0 Å². The van der Waals surface area contributed by atoms with Crippen molar-refractivity contribution in [1.29, 1.82) is 0 Å². The van der Waals surface area contributed by atoms with Gasteiger partial charge in [0.05, 0.1) is 5.75 Å². The van der Waals surface area contributed by atoms with Crippen LogP contribution in [0.3, 0.4) is 0 Å². The zero-order valence-corrected chi connectivity index (χ0v) is 9.44. The molecule has 6 heteroatoms. The van der Waals surface area contributed by atoms with Crippen molar-refractivity contribution in [2.45, 2.75) is 12.7 Å². The molecule has 0 amide bonds. The third kappa shape index (κ3) is 3.55. The highest BCUT2D eigenvalue weighted by Crippen LogP contribution is 2.19. The molecule has 0 saturated carbocycles. The van der Waals surface area contributed by atoms with Gasteiger partial charge in [0.2, 0.25) is 0 Å².